The van der Waals surface area contributed by atoms with Crippen molar-refractivity contribution in [2.24, 2.45) is 0 Å². The van der Waals surface area contributed by atoms with E-state index in [1.54, 1.807) is 48.5 Å². The van der Waals surface area contributed by atoms with Gasteiger partial charge in [0.15, 0.2) is 0 Å². The van der Waals surface area contributed by atoms with Gasteiger partial charge in [0.2, 0.25) is 10.0 Å². The summed E-state index contributed by atoms with van der Waals surface area (Å²) in [6.07, 6.45) is 3.18. The number of amides is 3. The number of piperidine rings is 1. The standard InChI is InChI=1S/C22H28N4O4S/c27-21(26-14-5-2-6-15-26)19-10-7-11-20(16-19)25-22(28)23-12-13-24-31(29,30)17-18-8-3-1-4-9-18/h1,3-4,7-11,16,24H,2,5-6,12-15,17H2,(H2,23,25,28). The Labute approximate surface area is 183 Å². The minimum absolute atomic E-state index is 0.0309. The van der Waals surface area contributed by atoms with Crippen molar-refractivity contribution in [1.82, 2.24) is 14.9 Å². The van der Waals surface area contributed by atoms with Crippen LogP contribution in [0, 0.1) is 0 Å². The molecule has 1 aliphatic heterocycles. The molecule has 1 heterocycles. The molecular weight excluding hydrogens is 416 g/mol. The van der Waals surface area contributed by atoms with Gasteiger partial charge in [-0.1, -0.05) is 36.4 Å². The number of carbonyl (C=O) groups is 2. The predicted molar refractivity (Wildman–Crippen MR) is 120 cm³/mol. The smallest absolute Gasteiger partial charge is 0.319 e. The number of anilines is 1. The van der Waals surface area contributed by atoms with Crippen molar-refractivity contribution in [3.05, 3.63) is 65.7 Å². The molecule has 0 aromatic heterocycles. The van der Waals surface area contributed by atoms with E-state index >= 15 is 0 Å². The molecule has 9 heteroatoms. The molecule has 3 amide bonds. The lowest BCUT2D eigenvalue weighted by Crippen LogP contribution is -2.37. The van der Waals surface area contributed by atoms with Crippen LogP contribution >= 0.6 is 0 Å². The molecule has 0 aliphatic carbocycles. The van der Waals surface area contributed by atoms with E-state index in [0.29, 0.717) is 16.8 Å². The van der Waals surface area contributed by atoms with Crippen LogP contribution in [0.2, 0.25) is 0 Å². The van der Waals surface area contributed by atoms with E-state index in [2.05, 4.69) is 15.4 Å². The molecule has 0 bridgehead atoms. The molecule has 0 atom stereocenters. The summed E-state index contributed by atoms with van der Waals surface area (Å²) in [5.41, 5.74) is 1.73. The van der Waals surface area contributed by atoms with Gasteiger partial charge in [-0.05, 0) is 43.0 Å². The van der Waals surface area contributed by atoms with Gasteiger partial charge in [-0.3, -0.25) is 4.79 Å². The zero-order valence-corrected chi connectivity index (χ0v) is 18.2. The molecule has 3 rings (SSSR count). The number of hydrogen-bond donors (Lipinski definition) is 3. The number of carbonyl (C=O) groups excluding carboxylic acids is 2. The second-order valence-corrected chi connectivity index (χ2v) is 9.26. The molecule has 31 heavy (non-hydrogen) atoms. The fraction of sp³-hybridized carbons (Fsp3) is 0.364. The Morgan fingerprint density at radius 2 is 1.65 bits per heavy atom. The second kappa shape index (κ2) is 10.9. The normalized spacial score (nSPS) is 14.1. The molecule has 1 fully saturated rings. The highest BCUT2D eigenvalue weighted by molar-refractivity contribution is 7.88. The highest BCUT2D eigenvalue weighted by Crippen LogP contribution is 2.16. The molecule has 3 N–H and O–H groups in total. The van der Waals surface area contributed by atoms with Crippen molar-refractivity contribution in [3.8, 4) is 0 Å². The van der Waals surface area contributed by atoms with Crippen molar-refractivity contribution < 1.29 is 18.0 Å². The first-order valence-electron chi connectivity index (χ1n) is 10.4. The highest BCUT2D eigenvalue weighted by atomic mass is 32.2. The molecule has 8 nitrogen and oxygen atoms in total. The summed E-state index contributed by atoms with van der Waals surface area (Å²) in [4.78, 5) is 26.6. The van der Waals surface area contributed by atoms with E-state index in [9.17, 15) is 18.0 Å². The number of benzene rings is 2. The molecule has 2 aromatic carbocycles. The Morgan fingerprint density at radius 3 is 2.39 bits per heavy atom. The lowest BCUT2D eigenvalue weighted by molar-refractivity contribution is 0.0724. The van der Waals surface area contributed by atoms with Crippen LogP contribution in [0.25, 0.3) is 0 Å². The van der Waals surface area contributed by atoms with E-state index in [1.165, 1.54) is 0 Å². The molecule has 0 radical (unpaired) electrons. The van der Waals surface area contributed by atoms with Crippen molar-refractivity contribution in [2.75, 3.05) is 31.5 Å². The monoisotopic (exact) mass is 444 g/mol. The van der Waals surface area contributed by atoms with Gasteiger partial charge in [0.1, 0.15) is 0 Å². The number of rotatable bonds is 8. The van der Waals surface area contributed by atoms with Crippen molar-refractivity contribution in [2.45, 2.75) is 25.0 Å². The van der Waals surface area contributed by atoms with Gasteiger partial charge in [0.25, 0.3) is 5.91 Å². The summed E-state index contributed by atoms with van der Waals surface area (Å²) in [6.45, 7) is 1.73. The van der Waals surface area contributed by atoms with Crippen molar-refractivity contribution in [1.29, 1.82) is 0 Å². The van der Waals surface area contributed by atoms with Gasteiger partial charge < -0.3 is 15.5 Å². The van der Waals surface area contributed by atoms with E-state index in [4.69, 9.17) is 0 Å². The van der Waals surface area contributed by atoms with Crippen LogP contribution in [0.3, 0.4) is 0 Å². The summed E-state index contributed by atoms with van der Waals surface area (Å²) < 4.78 is 26.7. The maximum atomic E-state index is 12.6. The zero-order chi connectivity index (χ0) is 22.1. The first-order valence-corrected chi connectivity index (χ1v) is 12.0. The SMILES string of the molecule is O=C(NCCNS(=O)(=O)Cc1ccccc1)Nc1cccc(C(=O)N2CCCCC2)c1. The van der Waals surface area contributed by atoms with Crippen LogP contribution in [-0.2, 0) is 15.8 Å². The summed E-state index contributed by atoms with van der Waals surface area (Å²) in [5, 5.41) is 5.29. The number of nitrogens with zero attached hydrogens (tertiary/aromatic N) is 1. The van der Waals surface area contributed by atoms with Crippen LogP contribution in [0.15, 0.2) is 54.6 Å². The van der Waals surface area contributed by atoms with Gasteiger partial charge >= 0.3 is 6.03 Å². The summed E-state index contributed by atoms with van der Waals surface area (Å²) in [6, 6.07) is 15.2. The van der Waals surface area contributed by atoms with Crippen LogP contribution in [0.5, 0.6) is 0 Å². The van der Waals surface area contributed by atoms with Crippen LogP contribution < -0.4 is 15.4 Å². The number of sulfonamides is 1. The molecule has 2 aromatic rings. The Hall–Kier alpha value is -2.91. The van der Waals surface area contributed by atoms with Gasteiger partial charge in [-0.25, -0.2) is 17.9 Å². The maximum Gasteiger partial charge on any atom is 0.319 e. The minimum atomic E-state index is -3.48. The molecule has 0 unspecified atom stereocenters. The van der Waals surface area contributed by atoms with Gasteiger partial charge in [0.05, 0.1) is 5.75 Å². The average Bonchev–Trinajstić information content (AvgIpc) is 2.77. The molecule has 1 saturated heterocycles. The minimum Gasteiger partial charge on any atom is -0.339 e. The Balaban J connectivity index is 1.43. The highest BCUT2D eigenvalue weighted by Gasteiger charge is 2.18. The third-order valence-electron chi connectivity index (χ3n) is 4.94. The number of nitrogens with one attached hydrogen (secondary N) is 3. The fourth-order valence-corrected chi connectivity index (χ4v) is 4.56. The summed E-state index contributed by atoms with van der Waals surface area (Å²) in [7, 11) is -3.48. The van der Waals surface area contributed by atoms with Gasteiger partial charge in [-0.15, -0.1) is 0 Å². The Bertz CT molecular complexity index is 990. The topological polar surface area (TPSA) is 108 Å². The zero-order valence-electron chi connectivity index (χ0n) is 17.3. The summed E-state index contributed by atoms with van der Waals surface area (Å²) in [5.74, 6) is -0.144. The fourth-order valence-electron chi connectivity index (χ4n) is 3.41. The Kier molecular flexibility index (Phi) is 8.02. The maximum absolute atomic E-state index is 12.6. The predicted octanol–water partition coefficient (Wildman–Crippen LogP) is 2.55. The molecule has 166 valence electrons. The van der Waals surface area contributed by atoms with E-state index < -0.39 is 16.1 Å². The quantitative estimate of drug-likeness (QED) is 0.544. The van der Waals surface area contributed by atoms with Crippen LogP contribution in [0.4, 0.5) is 10.5 Å². The molecule has 0 saturated carbocycles. The van der Waals surface area contributed by atoms with Gasteiger partial charge in [-0.2, -0.15) is 0 Å². The largest absolute Gasteiger partial charge is 0.339 e. The summed E-state index contributed by atoms with van der Waals surface area (Å²) >= 11 is 0. The van der Waals surface area contributed by atoms with Crippen molar-refractivity contribution >= 4 is 27.6 Å². The lowest BCUT2D eigenvalue weighted by atomic mass is 10.1. The number of hydrogen-bond acceptors (Lipinski definition) is 4. The Morgan fingerprint density at radius 1 is 0.903 bits per heavy atom. The molecular formula is C22H28N4O4S. The molecule has 0 spiro atoms. The van der Waals surface area contributed by atoms with Crippen LogP contribution in [0.1, 0.15) is 35.2 Å². The lowest BCUT2D eigenvalue weighted by Gasteiger charge is -2.26. The van der Waals surface area contributed by atoms with Crippen LogP contribution in [-0.4, -0.2) is 51.4 Å². The third-order valence-corrected chi connectivity index (χ3v) is 6.30. The third kappa shape index (κ3) is 7.37. The first kappa shape index (κ1) is 22.8. The van der Waals surface area contributed by atoms with E-state index in [1.807, 2.05) is 11.0 Å². The van der Waals surface area contributed by atoms with E-state index in [0.717, 1.165) is 32.4 Å². The van der Waals surface area contributed by atoms with E-state index in [-0.39, 0.29) is 24.7 Å². The number of urea groups is 1. The molecule has 1 aliphatic rings. The van der Waals surface area contributed by atoms with Crippen molar-refractivity contribution in [3.63, 3.8) is 0 Å². The first-order chi connectivity index (χ1) is 14.9. The second-order valence-electron chi connectivity index (χ2n) is 7.45. The van der Waals surface area contributed by atoms with Gasteiger partial charge in [0, 0.05) is 37.4 Å². The average molecular weight is 445 g/mol. The number of likely N-dealkylation sites (tertiary alicyclic amines) is 1.